The molecule has 1 aromatic heterocycles. The van der Waals surface area contributed by atoms with E-state index >= 15 is 0 Å². The van der Waals surface area contributed by atoms with Crippen LogP contribution in [-0.2, 0) is 0 Å². The van der Waals surface area contributed by atoms with Crippen molar-refractivity contribution in [3.05, 3.63) is 45.9 Å². The number of nitrogens with one attached hydrogen (secondary N) is 2. The van der Waals surface area contributed by atoms with Gasteiger partial charge in [-0.05, 0) is 63.3 Å². The number of hydrogen-bond acceptors (Lipinski definition) is 4. The summed E-state index contributed by atoms with van der Waals surface area (Å²) in [5.41, 5.74) is 2.81. The fourth-order valence-corrected chi connectivity index (χ4v) is 3.73. The van der Waals surface area contributed by atoms with Crippen molar-refractivity contribution >= 4 is 40.1 Å². The van der Waals surface area contributed by atoms with E-state index in [-0.39, 0.29) is 5.91 Å². The third-order valence-electron chi connectivity index (χ3n) is 5.15. The lowest BCUT2D eigenvalue weighted by Gasteiger charge is -2.17. The summed E-state index contributed by atoms with van der Waals surface area (Å²) in [5.74, 6) is 1.10. The minimum absolute atomic E-state index is 0.116. The molecule has 2 N–H and O–H groups in total. The minimum Gasteiger partial charge on any atom is -0.493 e. The van der Waals surface area contributed by atoms with E-state index in [0.29, 0.717) is 45.9 Å². The second-order valence-corrected chi connectivity index (χ2v) is 7.96. The van der Waals surface area contributed by atoms with Gasteiger partial charge in [0.1, 0.15) is 11.6 Å². The van der Waals surface area contributed by atoms with Crippen molar-refractivity contribution in [1.29, 1.82) is 0 Å². The molecule has 0 aliphatic rings. The van der Waals surface area contributed by atoms with Crippen molar-refractivity contribution in [2.24, 2.45) is 0 Å². The Morgan fingerprint density at radius 3 is 2.58 bits per heavy atom. The maximum absolute atomic E-state index is 12.6. The average molecular weight is 463 g/mol. The van der Waals surface area contributed by atoms with Crippen LogP contribution >= 0.6 is 23.2 Å². The molecule has 166 valence electrons. The predicted molar refractivity (Wildman–Crippen MR) is 127 cm³/mol. The van der Waals surface area contributed by atoms with Gasteiger partial charge in [0.25, 0.3) is 5.91 Å². The summed E-state index contributed by atoms with van der Waals surface area (Å²) in [6.45, 7) is 10.3. The number of nitrogens with zero attached hydrogens (tertiary/aromatic N) is 2. The van der Waals surface area contributed by atoms with E-state index in [4.69, 9.17) is 27.9 Å². The lowest BCUT2D eigenvalue weighted by atomic mass is 10.1. The third-order valence-corrected chi connectivity index (χ3v) is 5.88. The van der Waals surface area contributed by atoms with Gasteiger partial charge in [0.2, 0.25) is 0 Å². The normalized spacial score (nSPS) is 11.3. The van der Waals surface area contributed by atoms with Gasteiger partial charge in [0.05, 0.1) is 33.2 Å². The molecule has 0 radical (unpaired) electrons. The Hall–Kier alpha value is -2.28. The van der Waals surface area contributed by atoms with Crippen molar-refractivity contribution in [2.45, 2.75) is 27.2 Å². The maximum Gasteiger partial charge on any atom is 0.251 e. The summed E-state index contributed by atoms with van der Waals surface area (Å²) >= 11 is 12.2. The van der Waals surface area contributed by atoms with Gasteiger partial charge < -0.3 is 19.9 Å². The molecule has 2 aromatic carbocycles. The molecule has 3 aromatic rings. The van der Waals surface area contributed by atoms with Crippen LogP contribution in [0.3, 0.4) is 0 Å². The first-order valence-corrected chi connectivity index (χ1v) is 11.3. The number of imidazole rings is 1. The highest BCUT2D eigenvalue weighted by atomic mass is 35.5. The quantitative estimate of drug-likeness (QED) is 0.395. The molecule has 0 aliphatic carbocycles. The second-order valence-electron chi connectivity index (χ2n) is 7.15. The Balaban J connectivity index is 1.77. The van der Waals surface area contributed by atoms with Gasteiger partial charge in [-0.3, -0.25) is 4.79 Å². The zero-order valence-electron chi connectivity index (χ0n) is 18.1. The first-order valence-electron chi connectivity index (χ1n) is 10.6. The number of ether oxygens (including phenoxy) is 1. The summed E-state index contributed by atoms with van der Waals surface area (Å²) in [6, 6.07) is 8.85. The Kier molecular flexibility index (Phi) is 8.18. The molecular formula is C23H28Cl2N4O2. The number of H-pyrrole nitrogens is 1. The number of carbonyl (C=O) groups is 1. The van der Waals surface area contributed by atoms with E-state index in [1.807, 2.05) is 13.0 Å². The third kappa shape index (κ3) is 5.70. The summed E-state index contributed by atoms with van der Waals surface area (Å²) < 4.78 is 5.81. The predicted octanol–water partition coefficient (Wildman–Crippen LogP) is 5.40. The number of aromatic amines is 1. The first kappa shape index (κ1) is 23.4. The average Bonchev–Trinajstić information content (AvgIpc) is 3.16. The molecule has 6 nitrogen and oxygen atoms in total. The molecule has 3 rings (SSSR count). The molecular weight excluding hydrogens is 435 g/mol. The Morgan fingerprint density at radius 2 is 1.87 bits per heavy atom. The molecule has 0 atom stereocenters. The van der Waals surface area contributed by atoms with Gasteiger partial charge in [0.15, 0.2) is 0 Å². The molecule has 0 spiro atoms. The number of amides is 1. The lowest BCUT2D eigenvalue weighted by molar-refractivity contribution is 0.0951. The van der Waals surface area contributed by atoms with Crippen molar-refractivity contribution in [3.63, 3.8) is 0 Å². The van der Waals surface area contributed by atoms with Crippen LogP contribution < -0.4 is 10.1 Å². The zero-order chi connectivity index (χ0) is 22.4. The van der Waals surface area contributed by atoms with Crippen LogP contribution in [0.4, 0.5) is 0 Å². The van der Waals surface area contributed by atoms with E-state index in [1.54, 1.807) is 24.3 Å². The molecule has 0 aliphatic heterocycles. The van der Waals surface area contributed by atoms with Crippen LogP contribution in [0, 0.1) is 0 Å². The van der Waals surface area contributed by atoms with E-state index < -0.39 is 0 Å². The SMILES string of the molecule is CCOc1cc(C(=O)NCCCN(CC)CC)ccc1-c1nc2cc(Cl)c(Cl)cc2[nH]1. The summed E-state index contributed by atoms with van der Waals surface area (Å²) in [5, 5.41) is 3.90. The van der Waals surface area contributed by atoms with E-state index in [2.05, 4.69) is 34.0 Å². The summed E-state index contributed by atoms with van der Waals surface area (Å²) in [7, 11) is 0. The van der Waals surface area contributed by atoms with Crippen molar-refractivity contribution in [1.82, 2.24) is 20.2 Å². The largest absolute Gasteiger partial charge is 0.493 e. The zero-order valence-corrected chi connectivity index (χ0v) is 19.6. The number of rotatable bonds is 10. The van der Waals surface area contributed by atoms with Gasteiger partial charge >= 0.3 is 0 Å². The molecule has 1 heterocycles. The van der Waals surface area contributed by atoms with Crippen LogP contribution in [0.2, 0.25) is 10.0 Å². The van der Waals surface area contributed by atoms with Crippen LogP contribution in [0.25, 0.3) is 22.4 Å². The topological polar surface area (TPSA) is 70.2 Å². The number of benzene rings is 2. The van der Waals surface area contributed by atoms with Crippen molar-refractivity contribution < 1.29 is 9.53 Å². The Bertz CT molecular complexity index is 1010. The molecule has 1 amide bonds. The maximum atomic E-state index is 12.6. The molecule has 0 unspecified atom stereocenters. The smallest absolute Gasteiger partial charge is 0.251 e. The van der Waals surface area contributed by atoms with Gasteiger partial charge in [0, 0.05) is 12.1 Å². The molecule has 0 saturated heterocycles. The van der Waals surface area contributed by atoms with Gasteiger partial charge in [-0.25, -0.2) is 4.98 Å². The van der Waals surface area contributed by atoms with Crippen molar-refractivity contribution in [2.75, 3.05) is 32.8 Å². The summed E-state index contributed by atoms with van der Waals surface area (Å²) in [4.78, 5) is 22.8. The van der Waals surface area contributed by atoms with Crippen LogP contribution in [-0.4, -0.2) is 53.6 Å². The van der Waals surface area contributed by atoms with Gasteiger partial charge in [-0.15, -0.1) is 0 Å². The second kappa shape index (κ2) is 10.8. The van der Waals surface area contributed by atoms with E-state index in [9.17, 15) is 4.79 Å². The summed E-state index contributed by atoms with van der Waals surface area (Å²) in [6.07, 6.45) is 0.911. The van der Waals surface area contributed by atoms with Gasteiger partial charge in [-0.1, -0.05) is 37.0 Å². The highest BCUT2D eigenvalue weighted by Gasteiger charge is 2.15. The van der Waals surface area contributed by atoms with Crippen LogP contribution in [0.15, 0.2) is 30.3 Å². The molecule has 31 heavy (non-hydrogen) atoms. The number of hydrogen-bond donors (Lipinski definition) is 2. The Labute approximate surface area is 192 Å². The van der Waals surface area contributed by atoms with E-state index in [0.717, 1.165) is 37.1 Å². The van der Waals surface area contributed by atoms with E-state index in [1.165, 1.54) is 0 Å². The minimum atomic E-state index is -0.116. The van der Waals surface area contributed by atoms with Crippen molar-refractivity contribution in [3.8, 4) is 17.1 Å². The monoisotopic (exact) mass is 462 g/mol. The fraction of sp³-hybridized carbons (Fsp3) is 0.391. The number of fused-ring (bicyclic) bond motifs is 1. The Morgan fingerprint density at radius 1 is 1.13 bits per heavy atom. The lowest BCUT2D eigenvalue weighted by Crippen LogP contribution is -2.29. The fourth-order valence-electron chi connectivity index (χ4n) is 3.41. The standard InChI is InChI=1S/C23H28Cl2N4O2/c1-4-29(5-2)11-7-10-26-23(30)15-8-9-16(21(12-15)31-6-3)22-27-19-13-17(24)18(25)14-20(19)28-22/h8-9,12-14H,4-7,10-11H2,1-3H3,(H,26,30)(H,27,28). The highest BCUT2D eigenvalue weighted by molar-refractivity contribution is 6.42. The number of carbonyl (C=O) groups excluding carboxylic acids is 1. The molecule has 0 fully saturated rings. The van der Waals surface area contributed by atoms with Crippen LogP contribution in [0.5, 0.6) is 5.75 Å². The van der Waals surface area contributed by atoms with Crippen LogP contribution in [0.1, 0.15) is 37.6 Å². The molecule has 8 heteroatoms. The molecule has 0 bridgehead atoms. The van der Waals surface area contributed by atoms with Gasteiger partial charge in [-0.2, -0.15) is 0 Å². The number of halogens is 2. The molecule has 0 saturated carbocycles. The first-order chi connectivity index (χ1) is 15.0. The highest BCUT2D eigenvalue weighted by Crippen LogP contribution is 2.33. The number of aromatic nitrogens is 2.